The number of carbonyl (C=O) groups excluding carboxylic acids is 1. The van der Waals surface area contributed by atoms with Crippen LogP contribution in [0.2, 0.25) is 0 Å². The number of hydrogen-bond donors (Lipinski definition) is 1. The fourth-order valence-corrected chi connectivity index (χ4v) is 1.60. The summed E-state index contributed by atoms with van der Waals surface area (Å²) in [5, 5.41) is 2.68. The molecule has 2 nitrogen and oxygen atoms in total. The fourth-order valence-electron chi connectivity index (χ4n) is 0.999. The maximum absolute atomic E-state index is 12.1. The molecule has 1 aromatic carbocycles. The lowest BCUT2D eigenvalue weighted by Crippen LogP contribution is -2.30. The van der Waals surface area contributed by atoms with Gasteiger partial charge in [0.05, 0.1) is 4.32 Å². The monoisotopic (exact) mass is 323 g/mol. The van der Waals surface area contributed by atoms with E-state index in [2.05, 4.69) is 21.2 Å². The summed E-state index contributed by atoms with van der Waals surface area (Å²) in [6.07, 6.45) is 0. The lowest BCUT2D eigenvalue weighted by molar-refractivity contribution is -0.117. The highest BCUT2D eigenvalue weighted by Gasteiger charge is 2.23. The molecule has 0 radical (unpaired) electrons. The van der Waals surface area contributed by atoms with Crippen molar-refractivity contribution in [3.05, 3.63) is 24.3 Å². The predicted octanol–water partition coefficient (Wildman–Crippen LogP) is 4.11. The minimum atomic E-state index is -2.43. The van der Waals surface area contributed by atoms with E-state index in [1.54, 1.807) is 38.1 Å². The summed E-state index contributed by atoms with van der Waals surface area (Å²) in [6, 6.07) is 6.30. The Balaban J connectivity index is 2.66. The molecule has 1 amide bonds. The maximum atomic E-state index is 12.1. The van der Waals surface area contributed by atoms with E-state index in [0.717, 1.165) is 0 Å². The first-order valence-corrected chi connectivity index (χ1v) is 6.51. The molecule has 1 N–H and O–H groups in total. The Morgan fingerprint density at radius 1 is 1.35 bits per heavy atom. The molecular formula is C11H12BrF2NOS. The van der Waals surface area contributed by atoms with Gasteiger partial charge in [-0.2, -0.15) is 8.78 Å². The maximum Gasteiger partial charge on any atom is 0.288 e. The molecule has 0 aliphatic heterocycles. The van der Waals surface area contributed by atoms with E-state index >= 15 is 0 Å². The molecule has 0 saturated carbocycles. The topological polar surface area (TPSA) is 29.1 Å². The molecule has 0 atom stereocenters. The summed E-state index contributed by atoms with van der Waals surface area (Å²) in [4.78, 5) is 12.1. The SMILES string of the molecule is CC(C)(Br)C(=O)Nc1ccc(SC(F)F)cc1. The van der Waals surface area contributed by atoms with E-state index in [4.69, 9.17) is 0 Å². The number of hydrogen-bond acceptors (Lipinski definition) is 2. The summed E-state index contributed by atoms with van der Waals surface area (Å²) in [5.41, 5.74) is 0.584. The molecule has 1 rings (SSSR count). The van der Waals surface area contributed by atoms with Crippen LogP contribution in [-0.4, -0.2) is 16.0 Å². The van der Waals surface area contributed by atoms with Crippen molar-refractivity contribution in [2.75, 3.05) is 5.32 Å². The molecule has 0 bridgehead atoms. The Bertz CT molecular complexity index is 389. The van der Waals surface area contributed by atoms with Crippen LogP contribution in [0.25, 0.3) is 0 Å². The van der Waals surface area contributed by atoms with Gasteiger partial charge < -0.3 is 5.32 Å². The van der Waals surface area contributed by atoms with Gasteiger partial charge in [0.1, 0.15) is 0 Å². The Labute approximate surface area is 111 Å². The van der Waals surface area contributed by atoms with Crippen LogP contribution in [0.3, 0.4) is 0 Å². The molecule has 94 valence electrons. The standard InChI is InChI=1S/C11H12BrF2NOS/c1-11(2,12)9(16)15-7-3-5-8(6-4-7)17-10(13)14/h3-6,10H,1-2H3,(H,15,16). The largest absolute Gasteiger partial charge is 0.325 e. The normalized spacial score (nSPS) is 11.6. The second-order valence-electron chi connectivity index (χ2n) is 3.83. The van der Waals surface area contributed by atoms with Gasteiger partial charge in [0.25, 0.3) is 5.76 Å². The molecule has 0 aliphatic rings. The number of thioether (sulfide) groups is 1. The highest BCUT2D eigenvalue weighted by molar-refractivity contribution is 9.10. The molecule has 0 aromatic heterocycles. The van der Waals surface area contributed by atoms with Gasteiger partial charge in [0.15, 0.2) is 0 Å². The Morgan fingerprint density at radius 3 is 2.29 bits per heavy atom. The number of benzene rings is 1. The molecule has 6 heteroatoms. The molecule has 1 aromatic rings. The number of carbonyl (C=O) groups is 1. The number of anilines is 1. The minimum absolute atomic E-state index is 0.188. The second kappa shape index (κ2) is 5.82. The van der Waals surface area contributed by atoms with Crippen molar-refractivity contribution >= 4 is 39.3 Å². The number of amides is 1. The van der Waals surface area contributed by atoms with Crippen LogP contribution >= 0.6 is 27.7 Å². The molecule has 0 spiro atoms. The van der Waals surface area contributed by atoms with Crippen LogP contribution in [-0.2, 0) is 4.79 Å². The van der Waals surface area contributed by atoms with Gasteiger partial charge in [-0.15, -0.1) is 0 Å². The first-order valence-electron chi connectivity index (χ1n) is 4.84. The van der Waals surface area contributed by atoms with Crippen LogP contribution in [0.1, 0.15) is 13.8 Å². The van der Waals surface area contributed by atoms with Crippen molar-refractivity contribution in [1.29, 1.82) is 0 Å². The zero-order valence-corrected chi connectivity index (χ0v) is 11.7. The molecular weight excluding hydrogens is 312 g/mol. The smallest absolute Gasteiger partial charge is 0.288 e. The Hall–Kier alpha value is -0.620. The zero-order chi connectivity index (χ0) is 13.1. The number of nitrogens with one attached hydrogen (secondary N) is 1. The van der Waals surface area contributed by atoms with E-state index in [1.807, 2.05) is 0 Å². The van der Waals surface area contributed by atoms with E-state index in [1.165, 1.54) is 0 Å². The second-order valence-corrected chi connectivity index (χ2v) is 6.88. The summed E-state index contributed by atoms with van der Waals surface area (Å²) < 4.78 is 23.5. The first kappa shape index (κ1) is 14.4. The highest BCUT2D eigenvalue weighted by Crippen LogP contribution is 2.26. The van der Waals surface area contributed by atoms with Crippen molar-refractivity contribution in [1.82, 2.24) is 0 Å². The molecule has 0 aliphatic carbocycles. The van der Waals surface area contributed by atoms with Crippen molar-refractivity contribution in [2.24, 2.45) is 0 Å². The van der Waals surface area contributed by atoms with Crippen LogP contribution in [0.5, 0.6) is 0 Å². The van der Waals surface area contributed by atoms with Gasteiger partial charge in [-0.3, -0.25) is 4.79 Å². The van der Waals surface area contributed by atoms with Gasteiger partial charge >= 0.3 is 0 Å². The molecule has 0 fully saturated rings. The average Bonchev–Trinajstić information content (AvgIpc) is 2.18. The lowest BCUT2D eigenvalue weighted by atomic mass is 10.2. The third kappa shape index (κ3) is 5.04. The fraction of sp³-hybridized carbons (Fsp3) is 0.364. The van der Waals surface area contributed by atoms with E-state index in [0.29, 0.717) is 22.3 Å². The summed E-state index contributed by atoms with van der Waals surface area (Å²) in [5.74, 6) is -2.62. The van der Waals surface area contributed by atoms with E-state index < -0.39 is 10.1 Å². The van der Waals surface area contributed by atoms with Crippen molar-refractivity contribution in [3.8, 4) is 0 Å². The van der Waals surface area contributed by atoms with Gasteiger partial charge in [0.2, 0.25) is 5.91 Å². The zero-order valence-electron chi connectivity index (χ0n) is 9.34. The van der Waals surface area contributed by atoms with Crippen molar-refractivity contribution < 1.29 is 13.6 Å². The first-order chi connectivity index (χ1) is 7.79. The van der Waals surface area contributed by atoms with Crippen molar-refractivity contribution in [2.45, 2.75) is 28.8 Å². The van der Waals surface area contributed by atoms with Gasteiger partial charge in [-0.25, -0.2) is 0 Å². The molecule has 0 unspecified atom stereocenters. The van der Waals surface area contributed by atoms with Gasteiger partial charge in [0, 0.05) is 10.6 Å². The number of halogens is 3. The average molecular weight is 324 g/mol. The highest BCUT2D eigenvalue weighted by atomic mass is 79.9. The van der Waals surface area contributed by atoms with Crippen LogP contribution in [0.15, 0.2) is 29.2 Å². The van der Waals surface area contributed by atoms with E-state index in [9.17, 15) is 13.6 Å². The number of alkyl halides is 3. The molecule has 0 heterocycles. The van der Waals surface area contributed by atoms with Gasteiger partial charge in [-0.1, -0.05) is 27.7 Å². The number of rotatable bonds is 4. The van der Waals surface area contributed by atoms with Crippen molar-refractivity contribution in [3.63, 3.8) is 0 Å². The Kier molecular flexibility index (Phi) is 4.94. The molecule has 17 heavy (non-hydrogen) atoms. The lowest BCUT2D eigenvalue weighted by Gasteiger charge is -2.15. The van der Waals surface area contributed by atoms with Crippen LogP contribution in [0, 0.1) is 0 Å². The third-order valence-corrected chi connectivity index (χ3v) is 2.96. The minimum Gasteiger partial charge on any atom is -0.325 e. The van der Waals surface area contributed by atoms with Crippen LogP contribution in [0.4, 0.5) is 14.5 Å². The summed E-state index contributed by atoms with van der Waals surface area (Å²) in [7, 11) is 0. The molecule has 0 saturated heterocycles. The predicted molar refractivity (Wildman–Crippen MR) is 69.9 cm³/mol. The summed E-state index contributed by atoms with van der Waals surface area (Å²) >= 11 is 3.71. The quantitative estimate of drug-likeness (QED) is 0.667. The summed E-state index contributed by atoms with van der Waals surface area (Å²) in [6.45, 7) is 3.45. The van der Waals surface area contributed by atoms with E-state index in [-0.39, 0.29) is 5.91 Å². The van der Waals surface area contributed by atoms with Crippen LogP contribution < -0.4 is 5.32 Å². The Morgan fingerprint density at radius 2 is 1.88 bits per heavy atom. The third-order valence-electron chi connectivity index (χ3n) is 1.88. The van der Waals surface area contributed by atoms with Gasteiger partial charge in [-0.05, 0) is 38.1 Å².